The first kappa shape index (κ1) is 14.5. The molecular formula is C18H28N2O2. The highest BCUT2D eigenvalue weighted by Crippen LogP contribution is 2.61. The van der Waals surface area contributed by atoms with E-state index in [0.717, 1.165) is 43.4 Å². The van der Waals surface area contributed by atoms with Gasteiger partial charge < -0.3 is 0 Å². The van der Waals surface area contributed by atoms with Crippen LogP contribution in [0.2, 0.25) is 0 Å². The molecule has 2 amide bonds. The van der Waals surface area contributed by atoms with E-state index in [1.807, 2.05) is 0 Å². The van der Waals surface area contributed by atoms with Gasteiger partial charge in [0, 0.05) is 12.3 Å². The molecule has 4 heteroatoms. The Morgan fingerprint density at radius 2 is 1.41 bits per heavy atom. The van der Waals surface area contributed by atoms with E-state index in [1.165, 1.54) is 38.5 Å². The lowest BCUT2D eigenvalue weighted by Crippen LogP contribution is -2.50. The average molecular weight is 304 g/mol. The van der Waals surface area contributed by atoms with Crippen molar-refractivity contribution in [2.75, 3.05) is 0 Å². The molecule has 5 aliphatic carbocycles. The van der Waals surface area contributed by atoms with Crippen LogP contribution >= 0.6 is 0 Å². The molecule has 0 aromatic rings. The quantitative estimate of drug-likeness (QED) is 0.788. The molecule has 0 spiro atoms. The highest BCUT2D eigenvalue weighted by atomic mass is 16.2. The van der Waals surface area contributed by atoms with Gasteiger partial charge in [-0.15, -0.1) is 0 Å². The van der Waals surface area contributed by atoms with Crippen molar-refractivity contribution >= 4 is 11.8 Å². The Labute approximate surface area is 132 Å². The third-order valence-corrected chi connectivity index (χ3v) is 6.75. The van der Waals surface area contributed by atoms with Gasteiger partial charge in [-0.05, 0) is 74.5 Å². The summed E-state index contributed by atoms with van der Waals surface area (Å²) in [6.07, 6.45) is 12.8. The molecule has 0 atom stereocenters. The van der Waals surface area contributed by atoms with Crippen molar-refractivity contribution in [3.63, 3.8) is 0 Å². The molecule has 5 aliphatic rings. The summed E-state index contributed by atoms with van der Waals surface area (Å²) in [6, 6.07) is 0. The molecule has 122 valence electrons. The summed E-state index contributed by atoms with van der Waals surface area (Å²) in [5.74, 6) is 2.75. The first-order chi connectivity index (χ1) is 10.6. The van der Waals surface area contributed by atoms with Crippen LogP contribution in [0.25, 0.3) is 0 Å². The number of amides is 2. The Kier molecular flexibility index (Phi) is 3.66. The van der Waals surface area contributed by atoms with Crippen LogP contribution in [0.1, 0.15) is 70.6 Å². The number of hydrazine groups is 1. The van der Waals surface area contributed by atoms with Crippen LogP contribution < -0.4 is 10.9 Å². The SMILES string of the molecule is O=C(CC12CC3CC(CC(C3)C1)C2)NNC(=O)C1CCCC1. The normalized spacial score (nSPS) is 39.9. The number of carbonyl (C=O) groups excluding carboxylic acids is 2. The fourth-order valence-corrected chi connectivity index (χ4v) is 6.31. The first-order valence-electron chi connectivity index (χ1n) is 9.21. The van der Waals surface area contributed by atoms with Gasteiger partial charge >= 0.3 is 0 Å². The van der Waals surface area contributed by atoms with E-state index in [-0.39, 0.29) is 23.1 Å². The summed E-state index contributed by atoms with van der Waals surface area (Å²) >= 11 is 0. The minimum atomic E-state index is 0.0105. The van der Waals surface area contributed by atoms with Crippen LogP contribution in [0.4, 0.5) is 0 Å². The van der Waals surface area contributed by atoms with Gasteiger partial charge in [0.1, 0.15) is 0 Å². The maximum atomic E-state index is 12.3. The van der Waals surface area contributed by atoms with Gasteiger partial charge in [0.05, 0.1) is 0 Å². The van der Waals surface area contributed by atoms with Crippen molar-refractivity contribution < 1.29 is 9.59 Å². The maximum absolute atomic E-state index is 12.3. The zero-order valence-corrected chi connectivity index (χ0v) is 13.4. The van der Waals surface area contributed by atoms with Gasteiger partial charge in [-0.25, -0.2) is 0 Å². The predicted molar refractivity (Wildman–Crippen MR) is 83.5 cm³/mol. The van der Waals surface area contributed by atoms with Crippen LogP contribution in [-0.2, 0) is 9.59 Å². The molecule has 4 nitrogen and oxygen atoms in total. The summed E-state index contributed by atoms with van der Waals surface area (Å²) in [5, 5.41) is 0. The van der Waals surface area contributed by atoms with E-state index in [0.29, 0.717) is 6.42 Å². The molecule has 4 bridgehead atoms. The third-order valence-electron chi connectivity index (χ3n) is 6.75. The molecule has 0 radical (unpaired) electrons. The van der Waals surface area contributed by atoms with Crippen molar-refractivity contribution in [3.8, 4) is 0 Å². The minimum Gasteiger partial charge on any atom is -0.273 e. The molecule has 5 fully saturated rings. The van der Waals surface area contributed by atoms with E-state index in [1.54, 1.807) is 0 Å². The van der Waals surface area contributed by atoms with Crippen LogP contribution in [0.15, 0.2) is 0 Å². The van der Waals surface area contributed by atoms with Crippen LogP contribution in [-0.4, -0.2) is 11.8 Å². The van der Waals surface area contributed by atoms with Gasteiger partial charge in [-0.3, -0.25) is 20.4 Å². The summed E-state index contributed by atoms with van der Waals surface area (Å²) in [6.45, 7) is 0. The molecule has 22 heavy (non-hydrogen) atoms. The molecule has 0 heterocycles. The predicted octanol–water partition coefficient (Wildman–Crippen LogP) is 2.93. The molecule has 5 rings (SSSR count). The van der Waals surface area contributed by atoms with Crippen molar-refractivity contribution in [2.45, 2.75) is 70.6 Å². The summed E-state index contributed by atoms with van der Waals surface area (Å²) in [4.78, 5) is 24.3. The number of hydrogen-bond acceptors (Lipinski definition) is 2. The van der Waals surface area contributed by atoms with Gasteiger partial charge in [0.15, 0.2) is 0 Å². The van der Waals surface area contributed by atoms with Crippen LogP contribution in [0.3, 0.4) is 0 Å². The number of carbonyl (C=O) groups is 2. The van der Waals surface area contributed by atoms with Crippen molar-refractivity contribution in [2.24, 2.45) is 29.1 Å². The van der Waals surface area contributed by atoms with Crippen molar-refractivity contribution in [1.82, 2.24) is 10.9 Å². The van der Waals surface area contributed by atoms with Crippen molar-refractivity contribution in [1.29, 1.82) is 0 Å². The molecule has 0 aromatic heterocycles. The van der Waals surface area contributed by atoms with E-state index in [4.69, 9.17) is 0 Å². The van der Waals surface area contributed by atoms with Crippen molar-refractivity contribution in [3.05, 3.63) is 0 Å². The second-order valence-corrected chi connectivity index (χ2v) is 8.61. The smallest absolute Gasteiger partial charge is 0.241 e. The molecule has 0 unspecified atom stereocenters. The topological polar surface area (TPSA) is 58.2 Å². The van der Waals surface area contributed by atoms with E-state index < -0.39 is 0 Å². The Balaban J connectivity index is 1.29. The molecule has 0 saturated heterocycles. The summed E-state index contributed by atoms with van der Waals surface area (Å²) < 4.78 is 0. The second kappa shape index (κ2) is 5.54. The Bertz CT molecular complexity index is 432. The summed E-state index contributed by atoms with van der Waals surface area (Å²) in [5.41, 5.74) is 5.61. The van der Waals surface area contributed by atoms with Gasteiger partial charge in [-0.2, -0.15) is 0 Å². The van der Waals surface area contributed by atoms with Crippen LogP contribution in [0.5, 0.6) is 0 Å². The zero-order valence-electron chi connectivity index (χ0n) is 13.4. The maximum Gasteiger partial charge on any atom is 0.241 e. The Hall–Kier alpha value is -1.06. The lowest BCUT2D eigenvalue weighted by Gasteiger charge is -2.56. The largest absolute Gasteiger partial charge is 0.273 e. The molecule has 0 aromatic carbocycles. The Morgan fingerprint density at radius 3 is 1.95 bits per heavy atom. The lowest BCUT2D eigenvalue weighted by atomic mass is 9.49. The number of rotatable bonds is 3. The van der Waals surface area contributed by atoms with Gasteiger partial charge in [0.2, 0.25) is 11.8 Å². The van der Waals surface area contributed by atoms with E-state index in [9.17, 15) is 9.59 Å². The third kappa shape index (κ3) is 2.77. The fourth-order valence-electron chi connectivity index (χ4n) is 6.31. The average Bonchev–Trinajstić information content (AvgIpc) is 2.97. The minimum absolute atomic E-state index is 0.0105. The molecular weight excluding hydrogens is 276 g/mol. The van der Waals surface area contributed by atoms with Crippen LogP contribution in [0, 0.1) is 29.1 Å². The highest BCUT2D eigenvalue weighted by molar-refractivity contribution is 5.83. The fraction of sp³-hybridized carbons (Fsp3) is 0.889. The molecule has 5 saturated carbocycles. The molecule has 0 aliphatic heterocycles. The second-order valence-electron chi connectivity index (χ2n) is 8.61. The molecule has 2 N–H and O–H groups in total. The highest BCUT2D eigenvalue weighted by Gasteiger charge is 2.51. The van der Waals surface area contributed by atoms with Gasteiger partial charge in [0.25, 0.3) is 0 Å². The summed E-state index contributed by atoms with van der Waals surface area (Å²) in [7, 11) is 0. The zero-order chi connectivity index (χ0) is 15.2. The number of hydrogen-bond donors (Lipinski definition) is 2. The number of nitrogens with one attached hydrogen (secondary N) is 2. The standard InChI is InChI=1S/C18H28N2O2/c21-16(19-20-17(22)15-3-1-2-4-15)11-18-8-12-5-13(9-18)7-14(6-12)10-18/h12-15H,1-11H2,(H,19,21)(H,20,22). The Morgan fingerprint density at radius 1 is 0.864 bits per heavy atom. The van der Waals surface area contributed by atoms with E-state index >= 15 is 0 Å². The first-order valence-corrected chi connectivity index (χ1v) is 9.21. The van der Waals surface area contributed by atoms with E-state index in [2.05, 4.69) is 10.9 Å². The van der Waals surface area contributed by atoms with Gasteiger partial charge in [-0.1, -0.05) is 12.8 Å². The lowest BCUT2D eigenvalue weighted by molar-refractivity contribution is -0.135. The monoisotopic (exact) mass is 304 g/mol.